The predicted molar refractivity (Wildman–Crippen MR) is 160 cm³/mol. The topological polar surface area (TPSA) is 123 Å². The van der Waals surface area contributed by atoms with Crippen molar-refractivity contribution in [1.29, 1.82) is 0 Å². The Bertz CT molecular complexity index is 884. The molecule has 0 aliphatic carbocycles. The summed E-state index contributed by atoms with van der Waals surface area (Å²) < 4.78 is 0. The number of benzene rings is 1. The molecule has 0 spiro atoms. The molecular weight excluding hydrogens is 518 g/mol. The molecule has 0 aromatic heterocycles. The molecule has 10 heteroatoms. The van der Waals surface area contributed by atoms with Gasteiger partial charge in [0.15, 0.2) is 0 Å². The van der Waals surface area contributed by atoms with Crippen molar-refractivity contribution in [3.8, 4) is 0 Å². The van der Waals surface area contributed by atoms with E-state index in [1.807, 2.05) is 71.9 Å². The summed E-state index contributed by atoms with van der Waals surface area (Å²) in [5.41, 5.74) is -0.0522. The highest BCUT2D eigenvalue weighted by Gasteiger charge is 2.35. The van der Waals surface area contributed by atoms with Crippen LogP contribution in [0.4, 0.5) is 4.79 Å². The number of halogens is 1. The van der Waals surface area contributed by atoms with E-state index < -0.39 is 29.1 Å². The second-order valence-corrected chi connectivity index (χ2v) is 12.6. The Morgan fingerprint density at radius 2 is 1.56 bits per heavy atom. The van der Waals surface area contributed by atoms with Gasteiger partial charge in [0.25, 0.3) is 0 Å². The molecule has 1 aromatic rings. The van der Waals surface area contributed by atoms with Gasteiger partial charge < -0.3 is 31.3 Å². The molecule has 0 aliphatic heterocycles. The second-order valence-electron chi connectivity index (χ2n) is 12.6. The van der Waals surface area contributed by atoms with Crippen molar-refractivity contribution in [2.75, 3.05) is 26.7 Å². The van der Waals surface area contributed by atoms with E-state index in [2.05, 4.69) is 35.1 Å². The summed E-state index contributed by atoms with van der Waals surface area (Å²) in [5, 5.41) is 23.0. The summed E-state index contributed by atoms with van der Waals surface area (Å²) in [6.45, 7) is 16.2. The SMILES string of the molecule is CNCC(=O)NC(C(=O)NC(Cc1ccccc1)C(O)CN(CCC(C)C)C(=O)NC(C)(C)C)C(C)(C)C.Cl. The number of aliphatic hydroxyl groups is 1. The molecule has 0 bridgehead atoms. The van der Waals surface area contributed by atoms with E-state index in [-0.39, 0.29) is 43.3 Å². The van der Waals surface area contributed by atoms with Crippen molar-refractivity contribution in [3.05, 3.63) is 35.9 Å². The Morgan fingerprint density at radius 1 is 0.974 bits per heavy atom. The average molecular weight is 570 g/mol. The Kier molecular flexibility index (Phi) is 15.7. The fourth-order valence-corrected chi connectivity index (χ4v) is 3.91. The predicted octanol–water partition coefficient (Wildman–Crippen LogP) is 3.10. The van der Waals surface area contributed by atoms with Crippen LogP contribution in [-0.2, 0) is 16.0 Å². The van der Waals surface area contributed by atoms with Gasteiger partial charge >= 0.3 is 6.03 Å². The van der Waals surface area contributed by atoms with Gasteiger partial charge in [0.2, 0.25) is 11.8 Å². The summed E-state index contributed by atoms with van der Waals surface area (Å²) in [6.07, 6.45) is 0.114. The lowest BCUT2D eigenvalue weighted by Crippen LogP contribution is -2.60. The van der Waals surface area contributed by atoms with Crippen LogP contribution in [0, 0.1) is 11.3 Å². The lowest BCUT2D eigenvalue weighted by molar-refractivity contribution is -0.132. The fourth-order valence-electron chi connectivity index (χ4n) is 3.91. The minimum absolute atomic E-state index is 0. The van der Waals surface area contributed by atoms with Crippen LogP contribution in [0.5, 0.6) is 0 Å². The molecule has 4 amide bonds. The van der Waals surface area contributed by atoms with Gasteiger partial charge in [-0.1, -0.05) is 65.0 Å². The molecule has 0 heterocycles. The van der Waals surface area contributed by atoms with E-state index in [1.54, 1.807) is 11.9 Å². The highest BCUT2D eigenvalue weighted by Crippen LogP contribution is 2.20. The number of aliphatic hydroxyl groups excluding tert-OH is 1. The van der Waals surface area contributed by atoms with Crippen LogP contribution in [0.1, 0.15) is 67.4 Å². The monoisotopic (exact) mass is 569 g/mol. The minimum atomic E-state index is -1.04. The van der Waals surface area contributed by atoms with Crippen molar-refractivity contribution in [1.82, 2.24) is 26.2 Å². The first-order valence-electron chi connectivity index (χ1n) is 13.6. The van der Waals surface area contributed by atoms with Crippen molar-refractivity contribution >= 4 is 30.3 Å². The molecule has 3 unspecified atom stereocenters. The number of amides is 4. The summed E-state index contributed by atoms with van der Waals surface area (Å²) in [5.74, 6) is -0.290. The first-order valence-corrected chi connectivity index (χ1v) is 13.6. The first kappa shape index (κ1) is 36.6. The Balaban J connectivity index is 0.0000144. The van der Waals surface area contributed by atoms with Crippen LogP contribution < -0.4 is 21.3 Å². The number of carbonyl (C=O) groups excluding carboxylic acids is 3. The van der Waals surface area contributed by atoms with E-state index in [0.717, 1.165) is 12.0 Å². The maximum Gasteiger partial charge on any atom is 0.317 e. The highest BCUT2D eigenvalue weighted by molar-refractivity contribution is 5.89. The molecular formula is C29H52ClN5O4. The van der Waals surface area contributed by atoms with Crippen molar-refractivity contribution in [2.24, 2.45) is 11.3 Å². The molecule has 39 heavy (non-hydrogen) atoms. The van der Waals surface area contributed by atoms with Crippen LogP contribution in [0.2, 0.25) is 0 Å². The number of carbonyl (C=O) groups is 3. The van der Waals surface area contributed by atoms with E-state index in [9.17, 15) is 19.5 Å². The van der Waals surface area contributed by atoms with Gasteiger partial charge in [0.1, 0.15) is 6.04 Å². The molecule has 0 saturated heterocycles. The normalized spacial score (nSPS) is 14.0. The van der Waals surface area contributed by atoms with Gasteiger partial charge in [-0.15, -0.1) is 12.4 Å². The fraction of sp³-hybridized carbons (Fsp3) is 0.690. The molecule has 3 atom stereocenters. The molecule has 0 fully saturated rings. The average Bonchev–Trinajstić information content (AvgIpc) is 2.78. The van der Waals surface area contributed by atoms with Crippen LogP contribution in [0.15, 0.2) is 30.3 Å². The maximum atomic E-state index is 13.5. The van der Waals surface area contributed by atoms with E-state index >= 15 is 0 Å². The number of nitrogens with one attached hydrogen (secondary N) is 4. The van der Waals surface area contributed by atoms with Crippen molar-refractivity contribution < 1.29 is 19.5 Å². The molecule has 5 N–H and O–H groups in total. The molecule has 9 nitrogen and oxygen atoms in total. The van der Waals surface area contributed by atoms with Gasteiger partial charge in [-0.3, -0.25) is 9.59 Å². The van der Waals surface area contributed by atoms with Crippen molar-refractivity contribution in [2.45, 2.75) is 92.0 Å². The summed E-state index contributed by atoms with van der Waals surface area (Å²) >= 11 is 0. The third-order valence-corrected chi connectivity index (χ3v) is 6.01. The van der Waals surface area contributed by atoms with Gasteiger partial charge in [-0.25, -0.2) is 4.79 Å². The number of hydrogen-bond donors (Lipinski definition) is 5. The standard InChI is InChI=1S/C29H51N5O4.ClH/c1-20(2)15-16-34(27(38)33-29(6,7)8)19-23(35)22(17-21-13-11-10-12-14-21)31-26(37)25(28(3,4)5)32-24(36)18-30-9;/h10-14,20,22-23,25,30,35H,15-19H2,1-9H3,(H,31,37)(H,32,36)(H,33,38);1H. The van der Waals surface area contributed by atoms with Crippen molar-refractivity contribution in [3.63, 3.8) is 0 Å². The first-order chi connectivity index (χ1) is 17.5. The lowest BCUT2D eigenvalue weighted by atomic mass is 9.85. The molecule has 0 aliphatic rings. The lowest BCUT2D eigenvalue weighted by Gasteiger charge is -2.35. The van der Waals surface area contributed by atoms with Crippen LogP contribution in [-0.4, -0.2) is 78.3 Å². The quantitative estimate of drug-likeness (QED) is 0.250. The summed E-state index contributed by atoms with van der Waals surface area (Å²) in [6, 6.07) is 7.84. The highest BCUT2D eigenvalue weighted by atomic mass is 35.5. The van der Waals surface area contributed by atoms with E-state index in [0.29, 0.717) is 18.9 Å². The third-order valence-electron chi connectivity index (χ3n) is 6.01. The summed E-state index contributed by atoms with van der Waals surface area (Å²) in [7, 11) is 1.67. The molecule has 0 radical (unpaired) electrons. The zero-order chi connectivity index (χ0) is 29.1. The third kappa shape index (κ3) is 14.6. The smallest absolute Gasteiger partial charge is 0.317 e. The minimum Gasteiger partial charge on any atom is -0.389 e. The van der Waals surface area contributed by atoms with Gasteiger partial charge in [-0.05, 0) is 57.6 Å². The number of rotatable bonds is 13. The number of hydrogen-bond acceptors (Lipinski definition) is 5. The number of nitrogens with zero attached hydrogens (tertiary/aromatic N) is 1. The molecule has 1 rings (SSSR count). The Morgan fingerprint density at radius 3 is 2.05 bits per heavy atom. The second kappa shape index (κ2) is 16.7. The Hall–Kier alpha value is -2.36. The summed E-state index contributed by atoms with van der Waals surface area (Å²) in [4.78, 5) is 40.5. The zero-order valence-corrected chi connectivity index (χ0v) is 26.1. The number of urea groups is 1. The van der Waals surface area contributed by atoms with Gasteiger partial charge in [0.05, 0.1) is 25.2 Å². The van der Waals surface area contributed by atoms with E-state index in [1.165, 1.54) is 0 Å². The molecule has 224 valence electrons. The van der Waals surface area contributed by atoms with Crippen LogP contribution in [0.25, 0.3) is 0 Å². The number of likely N-dealkylation sites (N-methyl/N-ethyl adjacent to an activating group) is 1. The van der Waals surface area contributed by atoms with E-state index in [4.69, 9.17) is 0 Å². The zero-order valence-electron chi connectivity index (χ0n) is 25.3. The maximum absolute atomic E-state index is 13.5. The largest absolute Gasteiger partial charge is 0.389 e. The van der Waals surface area contributed by atoms with Gasteiger partial charge in [-0.2, -0.15) is 0 Å². The van der Waals surface area contributed by atoms with Crippen LogP contribution >= 0.6 is 12.4 Å². The van der Waals surface area contributed by atoms with Gasteiger partial charge in [0, 0.05) is 12.1 Å². The molecule has 1 aromatic carbocycles. The molecule has 0 saturated carbocycles. The Labute approximate surface area is 241 Å². The van der Waals surface area contributed by atoms with Crippen LogP contribution in [0.3, 0.4) is 0 Å².